The van der Waals surface area contributed by atoms with Crippen molar-refractivity contribution >= 4 is 11.6 Å². The van der Waals surface area contributed by atoms with Crippen LogP contribution in [0.5, 0.6) is 5.88 Å². The number of anilines is 1. The smallest absolute Gasteiger partial charge is 0.235 e. The minimum Gasteiger partial charge on any atom is -0.477 e. The Bertz CT molecular complexity index is 804. The van der Waals surface area contributed by atoms with Crippen LogP contribution in [0.2, 0.25) is 0 Å². The minimum atomic E-state index is -0.950. The molecule has 1 saturated heterocycles. The number of ether oxygens (including phenoxy) is 2. The summed E-state index contributed by atoms with van der Waals surface area (Å²) in [5.41, 5.74) is 0.879. The third-order valence-corrected chi connectivity index (χ3v) is 4.90. The number of benzene rings is 1. The lowest BCUT2D eigenvalue weighted by molar-refractivity contribution is -0.125. The van der Waals surface area contributed by atoms with Crippen molar-refractivity contribution in [2.75, 3.05) is 25.1 Å². The summed E-state index contributed by atoms with van der Waals surface area (Å²) in [5, 5.41) is 2.92. The van der Waals surface area contributed by atoms with Crippen LogP contribution in [-0.4, -0.2) is 30.7 Å². The number of halogens is 1. The van der Waals surface area contributed by atoms with E-state index in [1.165, 1.54) is 6.07 Å². The van der Waals surface area contributed by atoms with Gasteiger partial charge in [-0.15, -0.1) is 0 Å². The molecular weight excluding hydrogens is 347 g/mol. The number of nitrogens with one attached hydrogen (secondary N) is 1. The van der Waals surface area contributed by atoms with Gasteiger partial charge in [-0.25, -0.2) is 9.37 Å². The third-order valence-electron chi connectivity index (χ3n) is 4.90. The first-order valence-electron chi connectivity index (χ1n) is 9.30. The fourth-order valence-corrected chi connectivity index (χ4v) is 3.42. The van der Waals surface area contributed by atoms with Crippen LogP contribution in [-0.2, 0) is 14.9 Å². The van der Waals surface area contributed by atoms with E-state index in [-0.39, 0.29) is 11.7 Å². The number of amides is 1. The molecule has 1 amide bonds. The van der Waals surface area contributed by atoms with Crippen LogP contribution in [0.4, 0.5) is 10.1 Å². The highest BCUT2D eigenvalue weighted by Gasteiger charge is 2.43. The highest BCUT2D eigenvalue weighted by Crippen LogP contribution is 2.37. The molecule has 1 aliphatic rings. The topological polar surface area (TPSA) is 60.5 Å². The number of hydrogen-bond donors (Lipinski definition) is 1. The third kappa shape index (κ3) is 4.11. The van der Waals surface area contributed by atoms with E-state index in [1.807, 2.05) is 19.9 Å². The first-order valence-corrected chi connectivity index (χ1v) is 9.30. The van der Waals surface area contributed by atoms with Crippen molar-refractivity contribution in [1.82, 2.24) is 4.98 Å². The summed E-state index contributed by atoms with van der Waals surface area (Å²) >= 11 is 0. The van der Waals surface area contributed by atoms with E-state index >= 15 is 0 Å². The van der Waals surface area contributed by atoms with Crippen LogP contribution in [0.25, 0.3) is 0 Å². The molecule has 1 aliphatic heterocycles. The van der Waals surface area contributed by atoms with Gasteiger partial charge in [0.05, 0.1) is 23.9 Å². The van der Waals surface area contributed by atoms with Gasteiger partial charge in [0, 0.05) is 24.3 Å². The van der Waals surface area contributed by atoms with Crippen molar-refractivity contribution in [3.63, 3.8) is 0 Å². The zero-order valence-corrected chi connectivity index (χ0v) is 15.8. The second-order valence-corrected chi connectivity index (χ2v) is 6.82. The van der Waals surface area contributed by atoms with Crippen LogP contribution in [0.15, 0.2) is 36.5 Å². The molecule has 27 heavy (non-hydrogen) atoms. The molecule has 1 aromatic carbocycles. The van der Waals surface area contributed by atoms with E-state index < -0.39 is 5.41 Å². The molecule has 6 heteroatoms. The average molecular weight is 372 g/mol. The number of carbonyl (C=O) groups is 1. The SMILES string of the molecule is CCCOc1ncc(NC(=O)C2(c3ccccc3F)CCOCC2)cc1C. The van der Waals surface area contributed by atoms with Crippen LogP contribution in [0.1, 0.15) is 37.3 Å². The molecule has 0 radical (unpaired) electrons. The summed E-state index contributed by atoms with van der Waals surface area (Å²) in [7, 11) is 0. The maximum Gasteiger partial charge on any atom is 0.235 e. The van der Waals surface area contributed by atoms with Gasteiger partial charge < -0.3 is 14.8 Å². The molecular formula is C21H25FN2O3. The van der Waals surface area contributed by atoms with Crippen molar-refractivity contribution in [1.29, 1.82) is 0 Å². The number of aromatic nitrogens is 1. The summed E-state index contributed by atoms with van der Waals surface area (Å²) in [6.45, 7) is 5.34. The fraction of sp³-hybridized carbons (Fsp3) is 0.429. The number of nitrogens with zero attached hydrogens (tertiary/aromatic N) is 1. The Balaban J connectivity index is 1.86. The van der Waals surface area contributed by atoms with Gasteiger partial charge in [0.1, 0.15) is 5.82 Å². The summed E-state index contributed by atoms with van der Waals surface area (Å²) in [4.78, 5) is 17.5. The molecule has 5 nitrogen and oxygen atoms in total. The van der Waals surface area contributed by atoms with Gasteiger partial charge in [0.15, 0.2) is 0 Å². The summed E-state index contributed by atoms with van der Waals surface area (Å²) in [6.07, 6.45) is 3.34. The molecule has 2 aromatic rings. The van der Waals surface area contributed by atoms with E-state index in [2.05, 4.69) is 10.3 Å². The van der Waals surface area contributed by atoms with Crippen LogP contribution in [0.3, 0.4) is 0 Å². The van der Waals surface area contributed by atoms with Gasteiger partial charge in [0.2, 0.25) is 11.8 Å². The second kappa shape index (κ2) is 8.48. The van der Waals surface area contributed by atoms with Crippen molar-refractivity contribution < 1.29 is 18.7 Å². The monoisotopic (exact) mass is 372 g/mol. The summed E-state index contributed by atoms with van der Waals surface area (Å²) < 4.78 is 25.5. The largest absolute Gasteiger partial charge is 0.477 e. The van der Waals surface area contributed by atoms with E-state index in [1.54, 1.807) is 24.4 Å². The molecule has 1 N–H and O–H groups in total. The predicted molar refractivity (Wildman–Crippen MR) is 102 cm³/mol. The lowest BCUT2D eigenvalue weighted by Gasteiger charge is -2.36. The molecule has 0 aliphatic carbocycles. The molecule has 0 spiro atoms. The van der Waals surface area contributed by atoms with E-state index in [0.717, 1.165) is 12.0 Å². The number of hydrogen-bond acceptors (Lipinski definition) is 4. The van der Waals surface area contributed by atoms with E-state index in [0.29, 0.717) is 49.8 Å². The fourth-order valence-electron chi connectivity index (χ4n) is 3.42. The van der Waals surface area contributed by atoms with Gasteiger partial charge in [-0.2, -0.15) is 0 Å². The number of pyridine rings is 1. The second-order valence-electron chi connectivity index (χ2n) is 6.82. The molecule has 0 unspecified atom stereocenters. The van der Waals surface area contributed by atoms with E-state index in [4.69, 9.17) is 9.47 Å². The number of rotatable bonds is 6. The molecule has 144 valence electrons. The standard InChI is InChI=1S/C21H25FN2O3/c1-3-10-27-19-15(2)13-16(14-23-19)24-20(25)21(8-11-26-12-9-21)17-6-4-5-7-18(17)22/h4-7,13-14H,3,8-12H2,1-2H3,(H,24,25). The van der Waals surface area contributed by atoms with Gasteiger partial charge in [-0.3, -0.25) is 4.79 Å². The minimum absolute atomic E-state index is 0.237. The van der Waals surface area contributed by atoms with Crippen LogP contribution >= 0.6 is 0 Å². The highest BCUT2D eigenvalue weighted by atomic mass is 19.1. The first-order chi connectivity index (χ1) is 13.1. The van der Waals surface area contributed by atoms with Crippen LogP contribution < -0.4 is 10.1 Å². The molecule has 0 bridgehead atoms. The van der Waals surface area contributed by atoms with Gasteiger partial charge in [-0.1, -0.05) is 25.1 Å². The molecule has 0 atom stereocenters. The Labute approximate surface area is 158 Å². The molecule has 1 aromatic heterocycles. The predicted octanol–water partition coefficient (Wildman–Crippen LogP) is 4.00. The molecule has 1 fully saturated rings. The Morgan fingerprint density at radius 2 is 2.07 bits per heavy atom. The Morgan fingerprint density at radius 1 is 1.33 bits per heavy atom. The zero-order chi connectivity index (χ0) is 19.3. The van der Waals surface area contributed by atoms with Gasteiger partial charge >= 0.3 is 0 Å². The zero-order valence-electron chi connectivity index (χ0n) is 15.8. The summed E-state index contributed by atoms with van der Waals surface area (Å²) in [5.74, 6) is -0.0452. The first kappa shape index (κ1) is 19.3. The number of aryl methyl sites for hydroxylation is 1. The molecule has 0 saturated carbocycles. The van der Waals surface area contributed by atoms with Gasteiger partial charge in [-0.05, 0) is 38.3 Å². The van der Waals surface area contributed by atoms with Crippen molar-refractivity contribution in [2.24, 2.45) is 0 Å². The lowest BCUT2D eigenvalue weighted by Crippen LogP contribution is -2.45. The normalized spacial score (nSPS) is 16.0. The van der Waals surface area contributed by atoms with E-state index in [9.17, 15) is 9.18 Å². The van der Waals surface area contributed by atoms with Crippen LogP contribution in [0, 0.1) is 12.7 Å². The Hall–Kier alpha value is -2.47. The Kier molecular flexibility index (Phi) is 6.06. The molecule has 3 rings (SSSR count). The number of carbonyl (C=O) groups excluding carboxylic acids is 1. The van der Waals surface area contributed by atoms with Crippen molar-refractivity contribution in [3.8, 4) is 5.88 Å². The summed E-state index contributed by atoms with van der Waals surface area (Å²) in [6, 6.07) is 8.29. The van der Waals surface area contributed by atoms with Crippen molar-refractivity contribution in [3.05, 3.63) is 53.5 Å². The molecule has 2 heterocycles. The maximum absolute atomic E-state index is 14.5. The quantitative estimate of drug-likeness (QED) is 0.832. The van der Waals surface area contributed by atoms with Gasteiger partial charge in [0.25, 0.3) is 0 Å². The Morgan fingerprint density at radius 3 is 2.74 bits per heavy atom. The van der Waals surface area contributed by atoms with Crippen molar-refractivity contribution in [2.45, 2.75) is 38.5 Å². The highest BCUT2D eigenvalue weighted by molar-refractivity contribution is 5.99. The maximum atomic E-state index is 14.5. The average Bonchev–Trinajstić information content (AvgIpc) is 2.68. The lowest BCUT2D eigenvalue weighted by atomic mass is 9.73.